The van der Waals surface area contributed by atoms with Crippen LogP contribution in [0.25, 0.3) is 11.1 Å². The summed E-state index contributed by atoms with van der Waals surface area (Å²) in [7, 11) is 0. The van der Waals surface area contributed by atoms with E-state index in [2.05, 4.69) is 0 Å². The minimum Gasteiger partial charge on any atom is -0.489 e. The van der Waals surface area contributed by atoms with Crippen molar-refractivity contribution in [3.05, 3.63) is 89.7 Å². The van der Waals surface area contributed by atoms with Crippen LogP contribution in [0, 0.1) is 17.1 Å². The van der Waals surface area contributed by atoms with Crippen molar-refractivity contribution in [2.45, 2.75) is 13.0 Å². The second kappa shape index (κ2) is 7.43. The molecule has 24 heavy (non-hydrogen) atoms. The van der Waals surface area contributed by atoms with Gasteiger partial charge in [-0.25, -0.2) is 4.39 Å². The Bertz CT molecular complexity index is 851. The Morgan fingerprint density at radius 3 is 2.29 bits per heavy atom. The molecule has 0 unspecified atom stereocenters. The molecule has 0 aromatic heterocycles. The third-order valence-corrected chi connectivity index (χ3v) is 3.73. The van der Waals surface area contributed by atoms with Crippen molar-refractivity contribution in [2.75, 3.05) is 0 Å². The highest BCUT2D eigenvalue weighted by atomic mass is 19.1. The number of hydrogen-bond acceptors (Lipinski definition) is 2. The largest absolute Gasteiger partial charge is 0.489 e. The summed E-state index contributed by atoms with van der Waals surface area (Å²) < 4.78 is 19.9. The van der Waals surface area contributed by atoms with E-state index in [0.717, 1.165) is 16.9 Å². The molecule has 0 bridgehead atoms. The van der Waals surface area contributed by atoms with E-state index in [4.69, 9.17) is 10.00 Å². The van der Waals surface area contributed by atoms with E-state index in [1.807, 2.05) is 60.7 Å². The van der Waals surface area contributed by atoms with Gasteiger partial charge in [0.1, 0.15) is 18.2 Å². The van der Waals surface area contributed by atoms with Gasteiger partial charge < -0.3 is 4.74 Å². The number of hydrogen-bond donors (Lipinski definition) is 0. The van der Waals surface area contributed by atoms with Gasteiger partial charge in [-0.1, -0.05) is 54.6 Å². The van der Waals surface area contributed by atoms with E-state index in [1.54, 1.807) is 12.1 Å². The molecule has 0 saturated heterocycles. The highest BCUT2D eigenvalue weighted by molar-refractivity contribution is 5.65. The highest BCUT2D eigenvalue weighted by Crippen LogP contribution is 2.26. The first kappa shape index (κ1) is 15.8. The average Bonchev–Trinajstić information content (AvgIpc) is 2.62. The van der Waals surface area contributed by atoms with Crippen LogP contribution in [0.15, 0.2) is 72.8 Å². The topological polar surface area (TPSA) is 33.0 Å². The molecule has 0 N–H and O–H groups in total. The summed E-state index contributed by atoms with van der Waals surface area (Å²) in [6.45, 7) is 0.497. The molecule has 0 aliphatic heterocycles. The maximum absolute atomic E-state index is 14.2. The van der Waals surface area contributed by atoms with Crippen molar-refractivity contribution < 1.29 is 9.13 Å². The van der Waals surface area contributed by atoms with Crippen LogP contribution >= 0.6 is 0 Å². The van der Waals surface area contributed by atoms with Crippen LogP contribution in [-0.2, 0) is 13.0 Å². The molecule has 0 fully saturated rings. The Balaban J connectivity index is 1.71. The van der Waals surface area contributed by atoms with Crippen LogP contribution in [0.4, 0.5) is 4.39 Å². The first-order chi connectivity index (χ1) is 11.8. The molecule has 0 atom stereocenters. The molecule has 0 heterocycles. The van der Waals surface area contributed by atoms with E-state index in [9.17, 15) is 4.39 Å². The normalized spacial score (nSPS) is 10.2. The molecule has 3 heteroatoms. The predicted molar refractivity (Wildman–Crippen MR) is 91.9 cm³/mol. The van der Waals surface area contributed by atoms with Crippen LogP contribution in [0.3, 0.4) is 0 Å². The number of halogens is 1. The van der Waals surface area contributed by atoms with Gasteiger partial charge >= 0.3 is 0 Å². The summed E-state index contributed by atoms with van der Waals surface area (Å²) in [5, 5.41) is 8.67. The second-order valence-corrected chi connectivity index (χ2v) is 5.45. The standard InChI is InChI=1S/C21H16FNO/c22-21-14-16(12-13-23)6-11-20(21)18-7-9-19(10-8-18)24-15-17-4-2-1-3-5-17/h1-11,14H,12,15H2. The van der Waals surface area contributed by atoms with Crippen molar-refractivity contribution in [1.29, 1.82) is 5.26 Å². The van der Waals surface area contributed by atoms with Crippen molar-refractivity contribution in [1.82, 2.24) is 0 Å². The molecule has 0 saturated carbocycles. The average molecular weight is 317 g/mol. The van der Waals surface area contributed by atoms with Crippen molar-refractivity contribution in [2.24, 2.45) is 0 Å². The monoisotopic (exact) mass is 317 g/mol. The Morgan fingerprint density at radius 1 is 0.875 bits per heavy atom. The molecule has 3 aromatic carbocycles. The molecule has 0 aliphatic rings. The van der Waals surface area contributed by atoms with Gasteiger partial charge in [0.25, 0.3) is 0 Å². The summed E-state index contributed by atoms with van der Waals surface area (Å²) in [6, 6.07) is 24.2. The molecule has 0 amide bonds. The molecule has 0 spiro atoms. The zero-order chi connectivity index (χ0) is 16.8. The summed E-state index contributed by atoms with van der Waals surface area (Å²) >= 11 is 0. The lowest BCUT2D eigenvalue weighted by atomic mass is 10.0. The van der Waals surface area contributed by atoms with Crippen LogP contribution in [-0.4, -0.2) is 0 Å². The Kier molecular flexibility index (Phi) is 4.88. The van der Waals surface area contributed by atoms with Crippen LogP contribution in [0.2, 0.25) is 0 Å². The molecule has 0 radical (unpaired) electrons. The lowest BCUT2D eigenvalue weighted by Crippen LogP contribution is -1.95. The maximum atomic E-state index is 14.2. The fraction of sp³-hybridized carbons (Fsp3) is 0.0952. The van der Waals surface area contributed by atoms with E-state index in [-0.39, 0.29) is 12.2 Å². The first-order valence-electron chi connectivity index (χ1n) is 7.69. The Labute approximate surface area is 140 Å². The molecule has 3 rings (SSSR count). The van der Waals surface area contributed by atoms with Gasteiger partial charge in [0, 0.05) is 5.56 Å². The van der Waals surface area contributed by atoms with E-state index in [1.165, 1.54) is 6.07 Å². The van der Waals surface area contributed by atoms with Gasteiger partial charge in [-0.3, -0.25) is 0 Å². The Morgan fingerprint density at radius 2 is 1.62 bits per heavy atom. The zero-order valence-electron chi connectivity index (χ0n) is 13.1. The lowest BCUT2D eigenvalue weighted by Gasteiger charge is -2.08. The number of nitriles is 1. The quantitative estimate of drug-likeness (QED) is 0.653. The highest BCUT2D eigenvalue weighted by Gasteiger charge is 2.06. The van der Waals surface area contributed by atoms with Crippen LogP contribution in [0.5, 0.6) is 5.75 Å². The maximum Gasteiger partial charge on any atom is 0.131 e. The third-order valence-electron chi connectivity index (χ3n) is 3.73. The van der Waals surface area contributed by atoms with Crippen molar-refractivity contribution >= 4 is 0 Å². The van der Waals surface area contributed by atoms with Gasteiger partial charge in [0.05, 0.1) is 12.5 Å². The molecule has 3 aromatic rings. The summed E-state index contributed by atoms with van der Waals surface area (Å²) in [5.41, 5.74) is 3.08. The van der Waals surface area contributed by atoms with E-state index < -0.39 is 0 Å². The molecular weight excluding hydrogens is 301 g/mol. The SMILES string of the molecule is N#CCc1ccc(-c2ccc(OCc3ccccc3)cc2)c(F)c1. The van der Waals surface area contributed by atoms with Crippen LogP contribution < -0.4 is 4.74 Å². The molecule has 0 aliphatic carbocycles. The number of ether oxygens (including phenoxy) is 1. The van der Waals surface area contributed by atoms with Crippen molar-refractivity contribution in [3.8, 4) is 22.9 Å². The fourth-order valence-corrected chi connectivity index (χ4v) is 2.47. The van der Waals surface area contributed by atoms with Gasteiger partial charge in [0.2, 0.25) is 0 Å². The molecule has 118 valence electrons. The summed E-state index contributed by atoms with van der Waals surface area (Å²) in [6.07, 6.45) is 0.212. The number of nitrogens with zero attached hydrogens (tertiary/aromatic N) is 1. The Hall–Kier alpha value is -3.12. The van der Waals surface area contributed by atoms with E-state index >= 15 is 0 Å². The minimum absolute atomic E-state index is 0.212. The second-order valence-electron chi connectivity index (χ2n) is 5.45. The molecular formula is C21H16FNO. The number of benzene rings is 3. The minimum atomic E-state index is -0.319. The van der Waals surface area contributed by atoms with E-state index in [0.29, 0.717) is 17.7 Å². The predicted octanol–water partition coefficient (Wildman–Crippen LogP) is 5.14. The summed E-state index contributed by atoms with van der Waals surface area (Å²) in [4.78, 5) is 0. The first-order valence-corrected chi connectivity index (χ1v) is 7.69. The molecule has 2 nitrogen and oxygen atoms in total. The van der Waals surface area contributed by atoms with Gasteiger partial charge in [-0.05, 0) is 34.9 Å². The van der Waals surface area contributed by atoms with Crippen LogP contribution in [0.1, 0.15) is 11.1 Å². The zero-order valence-corrected chi connectivity index (χ0v) is 13.1. The lowest BCUT2D eigenvalue weighted by molar-refractivity contribution is 0.306. The van der Waals surface area contributed by atoms with Gasteiger partial charge in [0.15, 0.2) is 0 Å². The van der Waals surface area contributed by atoms with Crippen molar-refractivity contribution in [3.63, 3.8) is 0 Å². The smallest absolute Gasteiger partial charge is 0.131 e. The van der Waals surface area contributed by atoms with Gasteiger partial charge in [-0.15, -0.1) is 0 Å². The third kappa shape index (κ3) is 3.80. The summed E-state index contributed by atoms with van der Waals surface area (Å²) in [5.74, 6) is 0.421. The number of rotatable bonds is 5. The van der Waals surface area contributed by atoms with Gasteiger partial charge in [-0.2, -0.15) is 5.26 Å². The fourth-order valence-electron chi connectivity index (χ4n) is 2.47.